The number of carbonyl (C=O) groups excluding carboxylic acids is 2. The average molecular weight is 328 g/mol. The molecule has 0 aliphatic heterocycles. The molecule has 2 aromatic carbocycles. The summed E-state index contributed by atoms with van der Waals surface area (Å²) >= 11 is 0. The van der Waals surface area contributed by atoms with Gasteiger partial charge in [0.2, 0.25) is 11.8 Å². The Morgan fingerprint density at radius 2 is 1.58 bits per heavy atom. The lowest BCUT2D eigenvalue weighted by molar-refractivity contribution is -0.126. The van der Waals surface area contributed by atoms with E-state index in [0.29, 0.717) is 6.54 Å². The van der Waals surface area contributed by atoms with Gasteiger partial charge in [0.05, 0.1) is 6.04 Å². The Morgan fingerprint density at radius 1 is 0.958 bits per heavy atom. The molecule has 0 aromatic heterocycles. The van der Waals surface area contributed by atoms with E-state index in [1.807, 2.05) is 37.3 Å². The number of halogens is 1. The summed E-state index contributed by atoms with van der Waals surface area (Å²) in [6.07, 6.45) is 0.251. The number of amides is 2. The maximum Gasteiger partial charge on any atom is 0.220 e. The molecule has 0 saturated carbocycles. The van der Waals surface area contributed by atoms with Crippen molar-refractivity contribution in [3.8, 4) is 0 Å². The van der Waals surface area contributed by atoms with Crippen LogP contribution >= 0.6 is 0 Å². The van der Waals surface area contributed by atoms with E-state index in [0.717, 1.165) is 11.1 Å². The molecule has 0 fully saturated rings. The Balaban J connectivity index is 1.69. The second-order valence-corrected chi connectivity index (χ2v) is 5.60. The molecular weight excluding hydrogens is 307 g/mol. The van der Waals surface area contributed by atoms with Gasteiger partial charge in [-0.3, -0.25) is 9.59 Å². The van der Waals surface area contributed by atoms with Crippen LogP contribution in [0, 0.1) is 5.82 Å². The summed E-state index contributed by atoms with van der Waals surface area (Å²) in [4.78, 5) is 23.7. The normalized spacial score (nSPS) is 11.6. The fourth-order valence-electron chi connectivity index (χ4n) is 2.26. The third-order valence-corrected chi connectivity index (χ3v) is 3.66. The van der Waals surface area contributed by atoms with Crippen LogP contribution in [0.15, 0.2) is 54.6 Å². The van der Waals surface area contributed by atoms with Crippen LogP contribution in [-0.2, 0) is 16.1 Å². The smallest absolute Gasteiger partial charge is 0.220 e. The maximum absolute atomic E-state index is 12.8. The van der Waals surface area contributed by atoms with Crippen molar-refractivity contribution < 1.29 is 14.0 Å². The molecule has 4 nitrogen and oxygen atoms in total. The van der Waals surface area contributed by atoms with Crippen LogP contribution in [-0.4, -0.2) is 11.8 Å². The van der Waals surface area contributed by atoms with Gasteiger partial charge in [-0.2, -0.15) is 0 Å². The molecule has 0 heterocycles. The van der Waals surface area contributed by atoms with Crippen LogP contribution < -0.4 is 10.6 Å². The zero-order valence-electron chi connectivity index (χ0n) is 13.6. The van der Waals surface area contributed by atoms with Crippen molar-refractivity contribution in [3.05, 3.63) is 71.5 Å². The van der Waals surface area contributed by atoms with E-state index in [1.54, 1.807) is 12.1 Å². The van der Waals surface area contributed by atoms with Crippen LogP contribution in [0.4, 0.5) is 4.39 Å². The summed E-state index contributed by atoms with van der Waals surface area (Å²) in [6.45, 7) is 2.23. The largest absolute Gasteiger partial charge is 0.352 e. The molecule has 2 aromatic rings. The first-order valence-electron chi connectivity index (χ1n) is 7.90. The average Bonchev–Trinajstić information content (AvgIpc) is 2.60. The van der Waals surface area contributed by atoms with Crippen LogP contribution in [0.1, 0.15) is 36.9 Å². The van der Waals surface area contributed by atoms with Gasteiger partial charge in [0.25, 0.3) is 0 Å². The van der Waals surface area contributed by atoms with Gasteiger partial charge in [0.1, 0.15) is 5.82 Å². The van der Waals surface area contributed by atoms with Crippen LogP contribution in [0.2, 0.25) is 0 Å². The van der Waals surface area contributed by atoms with Crippen LogP contribution in [0.3, 0.4) is 0 Å². The minimum atomic E-state index is -0.311. The monoisotopic (exact) mass is 328 g/mol. The number of carbonyl (C=O) groups is 2. The van der Waals surface area contributed by atoms with Gasteiger partial charge in [-0.1, -0.05) is 42.5 Å². The van der Waals surface area contributed by atoms with E-state index in [9.17, 15) is 14.0 Å². The van der Waals surface area contributed by atoms with Gasteiger partial charge in [-0.05, 0) is 30.2 Å². The highest BCUT2D eigenvalue weighted by Gasteiger charge is 2.11. The molecule has 0 unspecified atom stereocenters. The second kappa shape index (κ2) is 8.82. The van der Waals surface area contributed by atoms with Crippen molar-refractivity contribution in [1.82, 2.24) is 10.6 Å². The summed E-state index contributed by atoms with van der Waals surface area (Å²) in [5, 5.41) is 5.59. The Kier molecular flexibility index (Phi) is 6.49. The lowest BCUT2D eigenvalue weighted by Crippen LogP contribution is -2.29. The molecule has 24 heavy (non-hydrogen) atoms. The molecule has 0 spiro atoms. The van der Waals surface area contributed by atoms with E-state index >= 15 is 0 Å². The third kappa shape index (κ3) is 5.83. The molecular formula is C19H21FN2O2. The van der Waals surface area contributed by atoms with Crippen molar-refractivity contribution in [2.75, 3.05) is 0 Å². The van der Waals surface area contributed by atoms with Crippen molar-refractivity contribution in [2.24, 2.45) is 0 Å². The Bertz CT molecular complexity index is 672. The van der Waals surface area contributed by atoms with Gasteiger partial charge in [0, 0.05) is 19.4 Å². The first-order chi connectivity index (χ1) is 11.5. The van der Waals surface area contributed by atoms with Gasteiger partial charge in [-0.15, -0.1) is 0 Å². The molecule has 0 aliphatic carbocycles. The predicted molar refractivity (Wildman–Crippen MR) is 90.5 cm³/mol. The first kappa shape index (κ1) is 17.7. The molecule has 0 radical (unpaired) electrons. The van der Waals surface area contributed by atoms with Crippen LogP contribution in [0.5, 0.6) is 0 Å². The molecule has 0 bridgehead atoms. The van der Waals surface area contributed by atoms with E-state index in [4.69, 9.17) is 0 Å². The summed E-state index contributed by atoms with van der Waals surface area (Å²) in [6, 6.07) is 15.5. The molecule has 5 heteroatoms. The second-order valence-electron chi connectivity index (χ2n) is 5.60. The van der Waals surface area contributed by atoms with E-state index in [-0.39, 0.29) is 36.5 Å². The van der Waals surface area contributed by atoms with E-state index < -0.39 is 0 Å². The summed E-state index contributed by atoms with van der Waals surface area (Å²) in [7, 11) is 0. The highest BCUT2D eigenvalue weighted by atomic mass is 19.1. The molecule has 2 N–H and O–H groups in total. The molecule has 0 saturated heterocycles. The Hall–Kier alpha value is -2.69. The fraction of sp³-hybridized carbons (Fsp3) is 0.263. The number of rotatable bonds is 7. The van der Waals surface area contributed by atoms with E-state index in [2.05, 4.69) is 10.6 Å². The zero-order chi connectivity index (χ0) is 17.4. The number of hydrogen-bond acceptors (Lipinski definition) is 2. The number of nitrogens with one attached hydrogen (secondary N) is 2. The van der Waals surface area contributed by atoms with Crippen molar-refractivity contribution in [2.45, 2.75) is 32.4 Å². The van der Waals surface area contributed by atoms with E-state index in [1.165, 1.54) is 12.1 Å². The standard InChI is InChI=1S/C19H21FN2O2/c1-14(16-5-3-2-4-6-16)22-19(24)12-11-18(23)21-13-15-7-9-17(20)10-8-15/h2-10,14H,11-13H2,1H3,(H,21,23)(H,22,24)/t14-/m0/s1. The topological polar surface area (TPSA) is 58.2 Å². The summed E-state index contributed by atoms with van der Waals surface area (Å²) < 4.78 is 12.8. The highest BCUT2D eigenvalue weighted by molar-refractivity contribution is 5.83. The van der Waals surface area contributed by atoms with Gasteiger partial charge < -0.3 is 10.6 Å². The minimum Gasteiger partial charge on any atom is -0.352 e. The minimum absolute atomic E-state index is 0.0963. The summed E-state index contributed by atoms with van der Waals surface area (Å²) in [5.74, 6) is -0.681. The molecule has 0 aliphatic rings. The van der Waals surface area contributed by atoms with Crippen molar-refractivity contribution >= 4 is 11.8 Å². The number of hydrogen-bond donors (Lipinski definition) is 2. The highest BCUT2D eigenvalue weighted by Crippen LogP contribution is 2.11. The van der Waals surface area contributed by atoms with Gasteiger partial charge in [-0.25, -0.2) is 4.39 Å². The molecule has 1 atom stereocenters. The lowest BCUT2D eigenvalue weighted by Gasteiger charge is -2.14. The predicted octanol–water partition coefficient (Wildman–Crippen LogP) is 3.10. The fourth-order valence-corrected chi connectivity index (χ4v) is 2.26. The first-order valence-corrected chi connectivity index (χ1v) is 7.90. The molecule has 2 rings (SSSR count). The van der Waals surface area contributed by atoms with Gasteiger partial charge in [0.15, 0.2) is 0 Å². The molecule has 2 amide bonds. The maximum atomic E-state index is 12.8. The van der Waals surface area contributed by atoms with Crippen molar-refractivity contribution in [1.29, 1.82) is 0 Å². The Labute approximate surface area is 141 Å². The summed E-state index contributed by atoms with van der Waals surface area (Å²) in [5.41, 5.74) is 1.83. The van der Waals surface area contributed by atoms with Gasteiger partial charge >= 0.3 is 0 Å². The zero-order valence-corrected chi connectivity index (χ0v) is 13.6. The quantitative estimate of drug-likeness (QED) is 0.820. The number of benzene rings is 2. The van der Waals surface area contributed by atoms with Crippen molar-refractivity contribution in [3.63, 3.8) is 0 Å². The lowest BCUT2D eigenvalue weighted by atomic mass is 10.1. The van der Waals surface area contributed by atoms with Crippen LogP contribution in [0.25, 0.3) is 0 Å². The SMILES string of the molecule is C[C@H](NC(=O)CCC(=O)NCc1ccc(F)cc1)c1ccccc1. The third-order valence-electron chi connectivity index (χ3n) is 3.66. The Morgan fingerprint density at radius 3 is 2.25 bits per heavy atom. The molecule has 126 valence electrons.